The summed E-state index contributed by atoms with van der Waals surface area (Å²) in [5, 5.41) is 21.9. The molecule has 0 fully saturated rings. The quantitative estimate of drug-likeness (QED) is 0.292. The molecule has 1 atom stereocenters. The number of nitrogens with zero attached hydrogens (tertiary/aromatic N) is 2. The van der Waals surface area contributed by atoms with Gasteiger partial charge in [-0.2, -0.15) is 5.26 Å². The van der Waals surface area contributed by atoms with Gasteiger partial charge in [0.1, 0.15) is 0 Å². The van der Waals surface area contributed by atoms with E-state index in [9.17, 15) is 9.59 Å². The summed E-state index contributed by atoms with van der Waals surface area (Å²) < 4.78 is 0. The van der Waals surface area contributed by atoms with Crippen LogP contribution < -0.4 is 11.1 Å². The van der Waals surface area contributed by atoms with Crippen LogP contribution in [0.25, 0.3) is 0 Å². The van der Waals surface area contributed by atoms with Crippen LogP contribution in [0.2, 0.25) is 0 Å². The van der Waals surface area contributed by atoms with Gasteiger partial charge in [0, 0.05) is 12.1 Å². The van der Waals surface area contributed by atoms with Crippen molar-refractivity contribution in [3.05, 3.63) is 35.4 Å². The van der Waals surface area contributed by atoms with Gasteiger partial charge in [0.25, 0.3) is 0 Å². The average Bonchev–Trinajstić information content (AvgIpc) is 2.49. The zero-order valence-electron chi connectivity index (χ0n) is 10.6. The topological polar surface area (TPSA) is 129 Å². The number of carbonyl (C=O) groups excluding carboxylic acids is 2. The molecule has 0 heterocycles. The maximum absolute atomic E-state index is 12.0. The number of ketones is 1. The largest absolute Gasteiger partial charge is 0.411 e. The van der Waals surface area contributed by atoms with Gasteiger partial charge >= 0.3 is 0 Å². The van der Waals surface area contributed by atoms with Gasteiger partial charge in [-0.15, -0.1) is 5.16 Å². The number of hydrogen-bond donors (Lipinski definition) is 3. The Bertz CT molecular complexity index is 563. The lowest BCUT2D eigenvalue weighted by molar-refractivity contribution is -0.121. The van der Waals surface area contributed by atoms with Gasteiger partial charge in [0.2, 0.25) is 5.91 Å². The highest BCUT2D eigenvalue weighted by Crippen LogP contribution is 2.08. The number of nitrogens with two attached hydrogens (primary N) is 1. The number of rotatable bonds is 6. The number of oxime groups is 1. The average molecular weight is 274 g/mol. The van der Waals surface area contributed by atoms with Gasteiger partial charge in [0.05, 0.1) is 18.8 Å². The van der Waals surface area contributed by atoms with Crippen LogP contribution in [0, 0.1) is 17.2 Å². The van der Waals surface area contributed by atoms with Crippen molar-refractivity contribution in [2.24, 2.45) is 16.8 Å². The monoisotopic (exact) mass is 274 g/mol. The van der Waals surface area contributed by atoms with Crippen LogP contribution in [-0.4, -0.2) is 29.7 Å². The molecule has 0 aromatic heterocycles. The fourth-order valence-corrected chi connectivity index (χ4v) is 1.57. The van der Waals surface area contributed by atoms with E-state index in [-0.39, 0.29) is 18.9 Å². The van der Waals surface area contributed by atoms with Crippen LogP contribution in [0.1, 0.15) is 15.9 Å². The third kappa shape index (κ3) is 3.90. The number of carbonyl (C=O) groups is 2. The van der Waals surface area contributed by atoms with E-state index in [1.54, 1.807) is 30.3 Å². The Hall–Kier alpha value is -2.72. The Balaban J connectivity index is 2.68. The second-order valence-electron chi connectivity index (χ2n) is 3.87. The normalized spacial score (nSPS) is 11.8. The molecule has 4 N–H and O–H groups in total. The summed E-state index contributed by atoms with van der Waals surface area (Å²) in [5.74, 6) is -2.25. The first-order chi connectivity index (χ1) is 9.63. The first-order valence-electron chi connectivity index (χ1n) is 5.80. The Morgan fingerprint density at radius 3 is 2.80 bits per heavy atom. The Kier molecular flexibility index (Phi) is 5.87. The smallest absolute Gasteiger partial charge is 0.243 e. The minimum atomic E-state index is -1.24. The summed E-state index contributed by atoms with van der Waals surface area (Å²) in [6.45, 7) is -0.0405. The Labute approximate surface area is 115 Å². The van der Waals surface area contributed by atoms with Gasteiger partial charge < -0.3 is 16.3 Å². The number of benzene rings is 1. The van der Waals surface area contributed by atoms with Crippen molar-refractivity contribution < 1.29 is 14.8 Å². The minimum Gasteiger partial charge on any atom is -0.411 e. The number of nitrogens with one attached hydrogen (secondary N) is 1. The predicted molar refractivity (Wildman–Crippen MR) is 71.1 cm³/mol. The van der Waals surface area contributed by atoms with E-state index in [4.69, 9.17) is 16.2 Å². The summed E-state index contributed by atoms with van der Waals surface area (Å²) in [5.41, 5.74) is 6.64. The summed E-state index contributed by atoms with van der Waals surface area (Å²) in [7, 11) is 0. The van der Waals surface area contributed by atoms with Gasteiger partial charge in [-0.25, -0.2) is 0 Å². The molecule has 0 bridgehead atoms. The highest BCUT2D eigenvalue weighted by molar-refractivity contribution is 6.02. The molecule has 0 aliphatic carbocycles. The van der Waals surface area contributed by atoms with Crippen molar-refractivity contribution in [3.63, 3.8) is 0 Å². The third-order valence-electron chi connectivity index (χ3n) is 2.60. The highest BCUT2D eigenvalue weighted by Gasteiger charge is 2.17. The zero-order valence-corrected chi connectivity index (χ0v) is 10.6. The number of Topliss-reactive ketones (excluding diaryl/α,β-unsaturated/α-hetero) is 1. The van der Waals surface area contributed by atoms with Gasteiger partial charge in [0.15, 0.2) is 11.7 Å². The molecule has 0 spiro atoms. The fraction of sp³-hybridized carbons (Fsp3) is 0.231. The molecule has 1 aromatic rings. The molecule has 0 saturated carbocycles. The second kappa shape index (κ2) is 7.66. The lowest BCUT2D eigenvalue weighted by atomic mass is 10.0. The standard InChI is InChI=1S/C13H14N4O3/c14-5-9-3-1-2-4-11(9)12(18)8-16-13(19)10(6-15)7-17-20/h1-4,7,10,20H,5,8,14H2,(H,16,19)/b17-7+. The van der Waals surface area contributed by atoms with Gasteiger partial charge in [-0.05, 0) is 5.56 Å². The van der Waals surface area contributed by atoms with Crippen molar-refractivity contribution >= 4 is 17.9 Å². The molecule has 0 saturated heterocycles. The Morgan fingerprint density at radius 2 is 2.20 bits per heavy atom. The number of amides is 1. The third-order valence-corrected chi connectivity index (χ3v) is 2.60. The first-order valence-corrected chi connectivity index (χ1v) is 5.80. The molecule has 20 heavy (non-hydrogen) atoms. The van der Waals surface area contributed by atoms with Crippen LogP contribution in [0.4, 0.5) is 0 Å². The molecule has 1 aromatic carbocycles. The van der Waals surface area contributed by atoms with E-state index < -0.39 is 11.8 Å². The van der Waals surface area contributed by atoms with E-state index in [1.807, 2.05) is 0 Å². The SMILES string of the molecule is N#CC(/C=N/O)C(=O)NCC(=O)c1ccccc1CN. The summed E-state index contributed by atoms with van der Waals surface area (Å²) in [4.78, 5) is 23.5. The molecule has 1 rings (SSSR count). The van der Waals surface area contributed by atoms with Gasteiger partial charge in [-0.3, -0.25) is 9.59 Å². The fourth-order valence-electron chi connectivity index (χ4n) is 1.57. The second-order valence-corrected chi connectivity index (χ2v) is 3.87. The highest BCUT2D eigenvalue weighted by atomic mass is 16.4. The van der Waals surface area contributed by atoms with Crippen molar-refractivity contribution in [1.82, 2.24) is 5.32 Å². The molecule has 104 valence electrons. The van der Waals surface area contributed by atoms with Crippen LogP contribution in [0.5, 0.6) is 0 Å². The Morgan fingerprint density at radius 1 is 1.50 bits per heavy atom. The molecule has 0 aliphatic rings. The maximum Gasteiger partial charge on any atom is 0.243 e. The molecule has 1 amide bonds. The summed E-state index contributed by atoms with van der Waals surface area (Å²) in [6, 6.07) is 8.45. The summed E-state index contributed by atoms with van der Waals surface area (Å²) >= 11 is 0. The van der Waals surface area contributed by atoms with E-state index in [2.05, 4.69) is 10.5 Å². The molecule has 7 heteroatoms. The van der Waals surface area contributed by atoms with E-state index in [1.165, 1.54) is 0 Å². The molecular weight excluding hydrogens is 260 g/mol. The van der Waals surface area contributed by atoms with E-state index >= 15 is 0 Å². The maximum atomic E-state index is 12.0. The minimum absolute atomic E-state index is 0.216. The molecule has 0 aliphatic heterocycles. The molecule has 1 unspecified atom stereocenters. The van der Waals surface area contributed by atoms with Crippen molar-refractivity contribution in [1.29, 1.82) is 5.26 Å². The predicted octanol–water partition coefficient (Wildman–Crippen LogP) is 0.0440. The molecule has 0 radical (unpaired) electrons. The van der Waals surface area contributed by atoms with Gasteiger partial charge in [-0.1, -0.05) is 24.3 Å². The van der Waals surface area contributed by atoms with Crippen LogP contribution >= 0.6 is 0 Å². The molecular formula is C13H14N4O3. The first kappa shape index (κ1) is 15.3. The van der Waals surface area contributed by atoms with Crippen LogP contribution in [0.3, 0.4) is 0 Å². The lowest BCUT2D eigenvalue weighted by Crippen LogP contribution is -2.35. The zero-order chi connectivity index (χ0) is 15.0. The van der Waals surface area contributed by atoms with Crippen molar-refractivity contribution in [2.45, 2.75) is 6.54 Å². The number of nitriles is 1. The lowest BCUT2D eigenvalue weighted by Gasteiger charge is -2.08. The van der Waals surface area contributed by atoms with Crippen LogP contribution in [0.15, 0.2) is 29.4 Å². The van der Waals surface area contributed by atoms with E-state index in [0.29, 0.717) is 11.1 Å². The molecule has 7 nitrogen and oxygen atoms in total. The van der Waals surface area contributed by atoms with Crippen molar-refractivity contribution in [3.8, 4) is 6.07 Å². The van der Waals surface area contributed by atoms with Crippen LogP contribution in [-0.2, 0) is 11.3 Å². The van der Waals surface area contributed by atoms with E-state index in [0.717, 1.165) is 6.21 Å². The summed E-state index contributed by atoms with van der Waals surface area (Å²) in [6.07, 6.45) is 0.785. The van der Waals surface area contributed by atoms with Crippen molar-refractivity contribution in [2.75, 3.05) is 6.54 Å². The number of hydrogen-bond acceptors (Lipinski definition) is 6.